The number of hydrogen-bond donors (Lipinski definition) is 1. The Hall–Kier alpha value is -0.840. The molecule has 0 spiro atoms. The van der Waals surface area contributed by atoms with Crippen molar-refractivity contribution >= 4 is 27.5 Å². The molecule has 108 valence electrons. The first kappa shape index (κ1) is 15.5. The predicted octanol–water partition coefficient (Wildman–Crippen LogP) is 4.18. The van der Waals surface area contributed by atoms with Crippen LogP contribution in [0, 0.1) is 13.8 Å². The van der Waals surface area contributed by atoms with Gasteiger partial charge in [0, 0.05) is 24.0 Å². The van der Waals surface area contributed by atoms with Crippen LogP contribution < -0.4 is 5.73 Å². The van der Waals surface area contributed by atoms with Gasteiger partial charge in [-0.15, -0.1) is 0 Å². The van der Waals surface area contributed by atoms with E-state index in [1.807, 2.05) is 36.7 Å². The van der Waals surface area contributed by atoms with Gasteiger partial charge in [0.05, 0.1) is 15.9 Å². The lowest BCUT2D eigenvalue weighted by Crippen LogP contribution is -2.17. The summed E-state index contributed by atoms with van der Waals surface area (Å²) < 4.78 is 3.06. The molecule has 0 radical (unpaired) electrons. The van der Waals surface area contributed by atoms with E-state index < -0.39 is 0 Å². The van der Waals surface area contributed by atoms with Gasteiger partial charge in [-0.05, 0) is 60.0 Å². The van der Waals surface area contributed by atoms with Gasteiger partial charge in [0.2, 0.25) is 0 Å². The number of hydrogen-bond acceptors (Lipinski definition) is 2. The quantitative estimate of drug-likeness (QED) is 0.893. The lowest BCUT2D eigenvalue weighted by molar-refractivity contribution is 0.585. The molecule has 1 aromatic heterocycles. The normalized spacial score (nSPS) is 12.7. The average Bonchev–Trinajstić information content (AvgIpc) is 2.66. The molecular formula is C15H19BrClN3. The molecule has 0 aliphatic heterocycles. The van der Waals surface area contributed by atoms with Crippen LogP contribution in [-0.4, -0.2) is 9.78 Å². The molecule has 1 unspecified atom stereocenters. The first-order valence-electron chi connectivity index (χ1n) is 6.67. The van der Waals surface area contributed by atoms with Crippen LogP contribution in [0.2, 0.25) is 5.02 Å². The van der Waals surface area contributed by atoms with Crippen molar-refractivity contribution in [1.29, 1.82) is 0 Å². The Morgan fingerprint density at radius 2 is 2.10 bits per heavy atom. The molecule has 2 aromatic rings. The van der Waals surface area contributed by atoms with Crippen LogP contribution in [0.5, 0.6) is 0 Å². The summed E-state index contributed by atoms with van der Waals surface area (Å²) >= 11 is 9.61. The van der Waals surface area contributed by atoms with Gasteiger partial charge in [-0.1, -0.05) is 17.7 Å². The lowest BCUT2D eigenvalue weighted by atomic mass is 9.98. The summed E-state index contributed by atoms with van der Waals surface area (Å²) in [5.41, 5.74) is 10.8. The second-order valence-electron chi connectivity index (χ2n) is 4.97. The van der Waals surface area contributed by atoms with Crippen LogP contribution in [0.1, 0.15) is 35.5 Å². The number of benzene rings is 1. The number of nitrogens with zero attached hydrogens (tertiary/aromatic N) is 2. The van der Waals surface area contributed by atoms with E-state index in [9.17, 15) is 0 Å². The van der Waals surface area contributed by atoms with Gasteiger partial charge < -0.3 is 5.73 Å². The minimum absolute atomic E-state index is 0.0648. The maximum atomic E-state index is 6.37. The Morgan fingerprint density at radius 3 is 2.70 bits per heavy atom. The maximum absolute atomic E-state index is 6.37. The summed E-state index contributed by atoms with van der Waals surface area (Å²) in [6.45, 7) is 6.97. The minimum atomic E-state index is -0.0648. The van der Waals surface area contributed by atoms with E-state index in [1.54, 1.807) is 0 Å². The predicted molar refractivity (Wildman–Crippen MR) is 87.2 cm³/mol. The van der Waals surface area contributed by atoms with E-state index in [1.165, 1.54) is 0 Å². The van der Waals surface area contributed by atoms with E-state index in [0.717, 1.165) is 45.0 Å². The minimum Gasteiger partial charge on any atom is -0.324 e. The standard InChI is InChI=1S/C15H19BrClN3/c1-4-20-14(15(16)10(3)19-20)8-13(18)12-6-5-11(17)7-9(12)2/h5-7,13H,4,8,18H2,1-3H3. The highest BCUT2D eigenvalue weighted by atomic mass is 79.9. The topological polar surface area (TPSA) is 43.8 Å². The van der Waals surface area contributed by atoms with Crippen molar-refractivity contribution in [1.82, 2.24) is 9.78 Å². The molecule has 0 fully saturated rings. The number of rotatable bonds is 4. The van der Waals surface area contributed by atoms with E-state index >= 15 is 0 Å². The number of nitrogens with two attached hydrogens (primary N) is 1. The van der Waals surface area contributed by atoms with Crippen LogP contribution in [0.25, 0.3) is 0 Å². The fourth-order valence-corrected chi connectivity index (χ4v) is 3.11. The Morgan fingerprint density at radius 1 is 1.40 bits per heavy atom. The van der Waals surface area contributed by atoms with Crippen LogP contribution >= 0.6 is 27.5 Å². The molecule has 0 amide bonds. The van der Waals surface area contributed by atoms with Gasteiger partial charge in [-0.25, -0.2) is 0 Å². The van der Waals surface area contributed by atoms with Gasteiger partial charge in [-0.3, -0.25) is 4.68 Å². The molecule has 20 heavy (non-hydrogen) atoms. The highest BCUT2D eigenvalue weighted by Crippen LogP contribution is 2.27. The van der Waals surface area contributed by atoms with E-state index in [-0.39, 0.29) is 6.04 Å². The van der Waals surface area contributed by atoms with Crippen LogP contribution in [0.4, 0.5) is 0 Å². The second kappa shape index (κ2) is 6.29. The third kappa shape index (κ3) is 3.08. The summed E-state index contributed by atoms with van der Waals surface area (Å²) in [6, 6.07) is 5.79. The molecule has 0 aliphatic rings. The van der Waals surface area contributed by atoms with Crippen molar-refractivity contribution in [3.05, 3.63) is 50.2 Å². The highest BCUT2D eigenvalue weighted by molar-refractivity contribution is 9.10. The Labute approximate surface area is 133 Å². The van der Waals surface area contributed by atoms with Crippen LogP contribution in [-0.2, 0) is 13.0 Å². The van der Waals surface area contributed by atoms with Crippen molar-refractivity contribution in [3.63, 3.8) is 0 Å². The van der Waals surface area contributed by atoms with Gasteiger partial charge >= 0.3 is 0 Å². The molecule has 2 rings (SSSR count). The SMILES string of the molecule is CCn1nc(C)c(Br)c1CC(N)c1ccc(Cl)cc1C. The number of aryl methyl sites for hydroxylation is 3. The van der Waals surface area contributed by atoms with Gasteiger partial charge in [0.1, 0.15) is 0 Å². The Bertz CT molecular complexity index is 622. The molecule has 5 heteroatoms. The molecular weight excluding hydrogens is 338 g/mol. The first-order valence-corrected chi connectivity index (χ1v) is 7.84. The van der Waals surface area contributed by atoms with E-state index in [4.69, 9.17) is 17.3 Å². The summed E-state index contributed by atoms with van der Waals surface area (Å²) in [5, 5.41) is 5.25. The fraction of sp³-hybridized carbons (Fsp3) is 0.400. The fourth-order valence-electron chi connectivity index (χ4n) is 2.44. The van der Waals surface area contributed by atoms with Crippen molar-refractivity contribution in [3.8, 4) is 0 Å². The molecule has 0 aliphatic carbocycles. The molecule has 2 N–H and O–H groups in total. The van der Waals surface area contributed by atoms with Crippen molar-refractivity contribution in [2.24, 2.45) is 5.73 Å². The zero-order chi connectivity index (χ0) is 14.9. The monoisotopic (exact) mass is 355 g/mol. The summed E-state index contributed by atoms with van der Waals surface area (Å²) in [7, 11) is 0. The van der Waals surface area contributed by atoms with Crippen LogP contribution in [0.15, 0.2) is 22.7 Å². The molecule has 3 nitrogen and oxygen atoms in total. The van der Waals surface area contributed by atoms with E-state index in [0.29, 0.717) is 0 Å². The van der Waals surface area contributed by atoms with Crippen LogP contribution in [0.3, 0.4) is 0 Å². The molecule has 1 aromatic carbocycles. The maximum Gasteiger partial charge on any atom is 0.0738 e. The third-order valence-corrected chi connectivity index (χ3v) is 4.76. The highest BCUT2D eigenvalue weighted by Gasteiger charge is 2.17. The third-order valence-electron chi connectivity index (χ3n) is 3.50. The summed E-state index contributed by atoms with van der Waals surface area (Å²) in [6.07, 6.45) is 0.748. The molecule has 0 bridgehead atoms. The zero-order valence-corrected chi connectivity index (χ0v) is 14.3. The second-order valence-corrected chi connectivity index (χ2v) is 6.20. The largest absolute Gasteiger partial charge is 0.324 e. The lowest BCUT2D eigenvalue weighted by Gasteiger charge is -2.16. The van der Waals surface area contributed by atoms with Gasteiger partial charge in [0.25, 0.3) is 0 Å². The molecule has 1 atom stereocenters. The van der Waals surface area contributed by atoms with E-state index in [2.05, 4.69) is 28.0 Å². The average molecular weight is 357 g/mol. The molecule has 0 saturated carbocycles. The Kier molecular flexibility index (Phi) is 4.89. The number of aromatic nitrogens is 2. The van der Waals surface area contributed by atoms with Crippen molar-refractivity contribution < 1.29 is 0 Å². The van der Waals surface area contributed by atoms with Crippen molar-refractivity contribution in [2.75, 3.05) is 0 Å². The Balaban J connectivity index is 2.30. The number of halogens is 2. The zero-order valence-electron chi connectivity index (χ0n) is 12.0. The smallest absolute Gasteiger partial charge is 0.0738 e. The molecule has 0 saturated heterocycles. The summed E-state index contributed by atoms with van der Waals surface area (Å²) in [4.78, 5) is 0. The summed E-state index contributed by atoms with van der Waals surface area (Å²) in [5.74, 6) is 0. The van der Waals surface area contributed by atoms with Gasteiger partial charge in [0.15, 0.2) is 0 Å². The van der Waals surface area contributed by atoms with Gasteiger partial charge in [-0.2, -0.15) is 5.10 Å². The molecule has 1 heterocycles. The van der Waals surface area contributed by atoms with Crippen molar-refractivity contribution in [2.45, 2.75) is 39.8 Å². The first-order chi connectivity index (χ1) is 9.43.